The van der Waals surface area contributed by atoms with Gasteiger partial charge < -0.3 is 9.47 Å². The molecule has 34 heavy (non-hydrogen) atoms. The summed E-state index contributed by atoms with van der Waals surface area (Å²) in [5.74, 6) is -0.617. The molecule has 4 nitrogen and oxygen atoms in total. The zero-order valence-corrected chi connectivity index (χ0v) is 19.9. The van der Waals surface area contributed by atoms with Gasteiger partial charge >= 0.3 is 11.9 Å². The van der Waals surface area contributed by atoms with Crippen molar-refractivity contribution in [3.63, 3.8) is 0 Å². The molecule has 4 aromatic carbocycles. The Balaban J connectivity index is 1.72. The molecular formula is C30H28O4. The number of carbonyl (C=O) groups excluding carboxylic acids is 2. The summed E-state index contributed by atoms with van der Waals surface area (Å²) in [5.41, 5.74) is 0.654. The summed E-state index contributed by atoms with van der Waals surface area (Å²) in [4.78, 5) is 26.9. The van der Waals surface area contributed by atoms with Gasteiger partial charge in [-0.05, 0) is 34.7 Å². The standard InChI is InChI=1S/C30H28O4/c1-19(2)27(29(31)33-25-17-9-13-21-11-5-7-15-23(21)25)28(20(3)4)30(32)34-26-18-10-14-22-12-6-8-16-24(22)26/h5-20H,1-4H3/b28-27-. The lowest BCUT2D eigenvalue weighted by molar-refractivity contribution is -0.134. The summed E-state index contributed by atoms with van der Waals surface area (Å²) in [6.45, 7) is 7.53. The van der Waals surface area contributed by atoms with E-state index < -0.39 is 11.9 Å². The Bertz CT molecular complexity index is 1280. The zero-order chi connectivity index (χ0) is 24.2. The van der Waals surface area contributed by atoms with Gasteiger partial charge in [0.2, 0.25) is 0 Å². The van der Waals surface area contributed by atoms with Crippen LogP contribution in [0.1, 0.15) is 27.7 Å². The molecule has 0 unspecified atom stereocenters. The molecule has 0 saturated heterocycles. The van der Waals surface area contributed by atoms with Crippen LogP contribution >= 0.6 is 0 Å². The largest absolute Gasteiger partial charge is 0.422 e. The molecule has 0 atom stereocenters. The van der Waals surface area contributed by atoms with Gasteiger partial charge in [-0.15, -0.1) is 0 Å². The molecular weight excluding hydrogens is 424 g/mol. The van der Waals surface area contributed by atoms with Crippen LogP contribution in [0, 0.1) is 11.8 Å². The van der Waals surface area contributed by atoms with Gasteiger partial charge in [-0.25, -0.2) is 9.59 Å². The fourth-order valence-corrected chi connectivity index (χ4v) is 4.19. The molecule has 0 amide bonds. The maximum Gasteiger partial charge on any atom is 0.340 e. The third kappa shape index (κ3) is 4.72. The summed E-state index contributed by atoms with van der Waals surface area (Å²) in [5, 5.41) is 3.63. The lowest BCUT2D eigenvalue weighted by Crippen LogP contribution is -2.25. The van der Waals surface area contributed by atoms with Crippen LogP contribution in [-0.2, 0) is 9.59 Å². The minimum absolute atomic E-state index is 0.236. The van der Waals surface area contributed by atoms with Crippen LogP contribution in [0.3, 0.4) is 0 Å². The molecule has 0 heterocycles. The normalized spacial score (nSPS) is 12.2. The predicted molar refractivity (Wildman–Crippen MR) is 136 cm³/mol. The molecule has 172 valence electrons. The van der Waals surface area contributed by atoms with E-state index in [0.29, 0.717) is 22.6 Å². The van der Waals surface area contributed by atoms with Gasteiger partial charge in [-0.1, -0.05) is 100 Å². The van der Waals surface area contributed by atoms with E-state index in [1.807, 2.05) is 100 Å². The third-order valence-electron chi connectivity index (χ3n) is 5.79. The highest BCUT2D eigenvalue weighted by molar-refractivity contribution is 6.04. The van der Waals surface area contributed by atoms with E-state index in [2.05, 4.69) is 0 Å². The molecule has 0 aliphatic heterocycles. The minimum Gasteiger partial charge on any atom is -0.422 e. The van der Waals surface area contributed by atoms with Crippen molar-refractivity contribution in [1.82, 2.24) is 0 Å². The first-order valence-corrected chi connectivity index (χ1v) is 11.5. The Morgan fingerprint density at radius 2 is 0.882 bits per heavy atom. The lowest BCUT2D eigenvalue weighted by atomic mass is 9.90. The summed E-state index contributed by atoms with van der Waals surface area (Å²) >= 11 is 0. The first-order chi connectivity index (χ1) is 16.4. The molecule has 0 fully saturated rings. The fraction of sp³-hybridized carbons (Fsp3) is 0.200. The summed E-state index contributed by atoms with van der Waals surface area (Å²) < 4.78 is 11.7. The monoisotopic (exact) mass is 452 g/mol. The number of benzene rings is 4. The molecule has 0 saturated carbocycles. The molecule has 0 aromatic heterocycles. The van der Waals surface area contributed by atoms with Crippen LogP contribution < -0.4 is 9.47 Å². The number of hydrogen-bond donors (Lipinski definition) is 0. The van der Waals surface area contributed by atoms with Crippen molar-refractivity contribution in [3.05, 3.63) is 96.1 Å². The number of rotatable bonds is 6. The number of fused-ring (bicyclic) bond motifs is 2. The second kappa shape index (κ2) is 9.92. The highest BCUT2D eigenvalue weighted by Crippen LogP contribution is 2.31. The van der Waals surface area contributed by atoms with E-state index in [-0.39, 0.29) is 11.8 Å². The van der Waals surface area contributed by atoms with Crippen LogP contribution in [0.25, 0.3) is 21.5 Å². The van der Waals surface area contributed by atoms with Crippen molar-refractivity contribution in [2.75, 3.05) is 0 Å². The molecule has 4 aromatic rings. The summed E-state index contributed by atoms with van der Waals surface area (Å²) in [6.07, 6.45) is 0. The minimum atomic E-state index is -0.537. The smallest absolute Gasteiger partial charge is 0.340 e. The highest BCUT2D eigenvalue weighted by Gasteiger charge is 2.29. The first-order valence-electron chi connectivity index (χ1n) is 11.5. The lowest BCUT2D eigenvalue weighted by Gasteiger charge is -2.20. The van der Waals surface area contributed by atoms with E-state index >= 15 is 0 Å². The van der Waals surface area contributed by atoms with Gasteiger partial charge in [0, 0.05) is 10.8 Å². The van der Waals surface area contributed by atoms with Crippen LogP contribution in [-0.4, -0.2) is 11.9 Å². The van der Waals surface area contributed by atoms with E-state index in [1.165, 1.54) is 0 Å². The maximum atomic E-state index is 13.4. The van der Waals surface area contributed by atoms with Gasteiger partial charge in [-0.2, -0.15) is 0 Å². The average Bonchev–Trinajstić information content (AvgIpc) is 2.82. The van der Waals surface area contributed by atoms with Crippen molar-refractivity contribution >= 4 is 33.5 Å². The predicted octanol–water partition coefficient (Wildman–Crippen LogP) is 7.11. The number of hydrogen-bond acceptors (Lipinski definition) is 4. The van der Waals surface area contributed by atoms with Gasteiger partial charge in [0.05, 0.1) is 11.1 Å². The molecule has 0 spiro atoms. The number of ether oxygens (including phenoxy) is 2. The molecule has 0 radical (unpaired) electrons. The Hall–Kier alpha value is -3.92. The van der Waals surface area contributed by atoms with Crippen LogP contribution in [0.15, 0.2) is 96.1 Å². The van der Waals surface area contributed by atoms with Crippen LogP contribution in [0.5, 0.6) is 11.5 Å². The maximum absolute atomic E-state index is 13.4. The second-order valence-electron chi connectivity index (χ2n) is 8.87. The quantitative estimate of drug-likeness (QED) is 0.178. The van der Waals surface area contributed by atoms with Gasteiger partial charge in [0.1, 0.15) is 11.5 Å². The SMILES string of the molecule is CC(C)/C(C(=O)Oc1cccc2ccccc12)=C(/C(=O)Oc1cccc2ccccc12)C(C)C. The molecule has 0 N–H and O–H groups in total. The first kappa shape index (κ1) is 23.2. The Labute approximate surface area is 199 Å². The van der Waals surface area contributed by atoms with Gasteiger partial charge in [-0.3, -0.25) is 0 Å². The third-order valence-corrected chi connectivity index (χ3v) is 5.79. The Kier molecular flexibility index (Phi) is 6.78. The highest BCUT2D eigenvalue weighted by atomic mass is 16.5. The fourth-order valence-electron chi connectivity index (χ4n) is 4.19. The molecule has 4 rings (SSSR count). The number of esters is 2. The van der Waals surface area contributed by atoms with Crippen LogP contribution in [0.2, 0.25) is 0 Å². The molecule has 0 aliphatic rings. The Morgan fingerprint density at radius 3 is 1.26 bits per heavy atom. The van der Waals surface area contributed by atoms with Crippen molar-refractivity contribution in [2.24, 2.45) is 11.8 Å². The average molecular weight is 453 g/mol. The van der Waals surface area contributed by atoms with Crippen LogP contribution in [0.4, 0.5) is 0 Å². The molecule has 0 aliphatic carbocycles. The van der Waals surface area contributed by atoms with Crippen molar-refractivity contribution < 1.29 is 19.1 Å². The van der Waals surface area contributed by atoms with Crippen molar-refractivity contribution in [3.8, 4) is 11.5 Å². The second-order valence-corrected chi connectivity index (χ2v) is 8.87. The van der Waals surface area contributed by atoms with E-state index in [0.717, 1.165) is 21.5 Å². The molecule has 4 heteroatoms. The van der Waals surface area contributed by atoms with Crippen molar-refractivity contribution in [1.29, 1.82) is 0 Å². The zero-order valence-electron chi connectivity index (χ0n) is 19.9. The number of carbonyl (C=O) groups is 2. The van der Waals surface area contributed by atoms with E-state index in [9.17, 15) is 9.59 Å². The summed E-state index contributed by atoms with van der Waals surface area (Å²) in [7, 11) is 0. The van der Waals surface area contributed by atoms with Crippen molar-refractivity contribution in [2.45, 2.75) is 27.7 Å². The van der Waals surface area contributed by atoms with E-state index in [1.54, 1.807) is 12.1 Å². The van der Waals surface area contributed by atoms with E-state index in [4.69, 9.17) is 9.47 Å². The van der Waals surface area contributed by atoms with Gasteiger partial charge in [0.25, 0.3) is 0 Å². The topological polar surface area (TPSA) is 52.6 Å². The Morgan fingerprint density at radius 1 is 0.529 bits per heavy atom. The molecule has 0 bridgehead atoms. The van der Waals surface area contributed by atoms with Gasteiger partial charge in [0.15, 0.2) is 0 Å². The summed E-state index contributed by atoms with van der Waals surface area (Å²) in [6, 6.07) is 26.6.